The van der Waals surface area contributed by atoms with Crippen LogP contribution in [-0.4, -0.2) is 26.4 Å². The number of methoxy groups -OCH3 is 1. The lowest BCUT2D eigenvalue weighted by Crippen LogP contribution is -2.37. The van der Waals surface area contributed by atoms with Gasteiger partial charge in [0.25, 0.3) is 15.9 Å². The highest BCUT2D eigenvalue weighted by Crippen LogP contribution is 2.31. The predicted octanol–water partition coefficient (Wildman–Crippen LogP) is 3.93. The van der Waals surface area contributed by atoms with Gasteiger partial charge in [-0.3, -0.25) is 9.78 Å². The molecule has 0 radical (unpaired) electrons. The molecule has 0 aliphatic carbocycles. The lowest BCUT2D eigenvalue weighted by Gasteiger charge is -2.24. The summed E-state index contributed by atoms with van der Waals surface area (Å²) in [5.41, 5.74) is 1.51. The molecule has 0 atom stereocenters. The summed E-state index contributed by atoms with van der Waals surface area (Å²) in [5.74, 6) is -0.262. The first kappa shape index (κ1) is 23.7. The Balaban J connectivity index is 1.84. The number of aromatic nitrogens is 2. The molecule has 1 amide bonds. The number of pyridine rings is 2. The molecule has 2 aromatic carbocycles. The summed E-state index contributed by atoms with van der Waals surface area (Å²) in [6.45, 7) is 0. The first-order valence-electron chi connectivity index (χ1n) is 10.5. The summed E-state index contributed by atoms with van der Waals surface area (Å²) in [6.07, 6.45) is 8.95. The third kappa shape index (κ3) is 5.20. The highest BCUT2D eigenvalue weighted by Gasteiger charge is 2.33. The normalized spacial score (nSPS) is 11.3. The van der Waals surface area contributed by atoms with E-state index in [1.807, 2.05) is 0 Å². The number of rotatable bonds is 7. The fourth-order valence-corrected chi connectivity index (χ4v) is 4.78. The molecule has 0 aliphatic heterocycles. The van der Waals surface area contributed by atoms with Gasteiger partial charge in [-0.1, -0.05) is 30.4 Å². The van der Waals surface area contributed by atoms with E-state index in [1.54, 1.807) is 54.6 Å². The van der Waals surface area contributed by atoms with E-state index in [9.17, 15) is 18.4 Å². The maximum atomic E-state index is 13.8. The van der Waals surface area contributed by atoms with Crippen molar-refractivity contribution in [3.63, 3.8) is 0 Å². The van der Waals surface area contributed by atoms with Crippen LogP contribution in [0.25, 0.3) is 12.2 Å². The summed E-state index contributed by atoms with van der Waals surface area (Å²) in [5, 5.41) is 11.3. The maximum Gasteiger partial charge on any atom is 0.273 e. The Hall–Kier alpha value is -4.50. The van der Waals surface area contributed by atoms with Crippen LogP contribution >= 0.6 is 0 Å². The van der Waals surface area contributed by atoms with Crippen LogP contribution in [0.3, 0.4) is 0 Å². The van der Waals surface area contributed by atoms with E-state index in [2.05, 4.69) is 4.98 Å². The molecule has 0 aliphatic rings. The molecule has 35 heavy (non-hydrogen) atoms. The quantitative estimate of drug-likeness (QED) is 0.289. The standard InChI is InChI=1S/C26H21N3O5S/c1-34-23-10-12-24(13-11-23)35(32,33)29(26(30)22-6-4-16-27-19-22)25-7-3-2-5-21(25)9-8-20-14-17-28(31)18-15-20/h2-19H,1H3/b9-8+. The number of nitrogens with zero attached hydrogens (tertiary/aromatic N) is 3. The number of para-hydroxylation sites is 1. The number of benzene rings is 2. The maximum absolute atomic E-state index is 13.8. The number of hydrogen-bond acceptors (Lipinski definition) is 6. The van der Waals surface area contributed by atoms with Gasteiger partial charge in [0.05, 0.1) is 23.3 Å². The molecule has 0 spiro atoms. The summed E-state index contributed by atoms with van der Waals surface area (Å²) in [4.78, 5) is 17.5. The lowest BCUT2D eigenvalue weighted by molar-refractivity contribution is -0.605. The first-order valence-corrected chi connectivity index (χ1v) is 11.9. The molecule has 4 rings (SSSR count). The van der Waals surface area contributed by atoms with E-state index >= 15 is 0 Å². The van der Waals surface area contributed by atoms with Crippen LogP contribution in [0.15, 0.2) is 102 Å². The average Bonchev–Trinajstić information content (AvgIpc) is 2.89. The van der Waals surface area contributed by atoms with Gasteiger partial charge in [0.1, 0.15) is 5.75 Å². The number of hydrogen-bond donors (Lipinski definition) is 0. The van der Waals surface area contributed by atoms with Gasteiger partial charge >= 0.3 is 0 Å². The van der Waals surface area contributed by atoms with Gasteiger partial charge in [-0.15, -0.1) is 0 Å². The Kier molecular flexibility index (Phi) is 6.88. The minimum atomic E-state index is -4.32. The Morgan fingerprint density at radius 1 is 0.971 bits per heavy atom. The van der Waals surface area contributed by atoms with E-state index in [4.69, 9.17) is 4.74 Å². The molecule has 0 saturated heterocycles. The van der Waals surface area contributed by atoms with Crippen LogP contribution in [0, 0.1) is 5.21 Å². The first-order chi connectivity index (χ1) is 16.9. The SMILES string of the molecule is COc1ccc(S(=O)(=O)N(C(=O)c2cccnc2)c2ccccc2/C=C/c2cc[n+]([O-])cc2)cc1. The van der Waals surface area contributed by atoms with E-state index in [1.165, 1.54) is 62.2 Å². The largest absolute Gasteiger partial charge is 0.619 e. The smallest absolute Gasteiger partial charge is 0.273 e. The summed E-state index contributed by atoms with van der Waals surface area (Å²) < 4.78 is 34.2. The number of carbonyl (C=O) groups is 1. The van der Waals surface area contributed by atoms with Crippen molar-refractivity contribution in [1.29, 1.82) is 0 Å². The second-order valence-electron chi connectivity index (χ2n) is 7.38. The molecule has 0 saturated carbocycles. The minimum Gasteiger partial charge on any atom is -0.619 e. The fraction of sp³-hybridized carbons (Fsp3) is 0.0385. The van der Waals surface area contributed by atoms with Crippen LogP contribution in [0.4, 0.5) is 5.69 Å². The van der Waals surface area contributed by atoms with Gasteiger partial charge in [-0.2, -0.15) is 9.04 Å². The molecule has 4 aromatic rings. The lowest BCUT2D eigenvalue weighted by atomic mass is 10.1. The zero-order valence-electron chi connectivity index (χ0n) is 18.7. The van der Waals surface area contributed by atoms with E-state index in [0.29, 0.717) is 16.0 Å². The highest BCUT2D eigenvalue weighted by atomic mass is 32.2. The van der Waals surface area contributed by atoms with Crippen LogP contribution in [-0.2, 0) is 10.0 Å². The number of carbonyl (C=O) groups excluding carboxylic acids is 1. The van der Waals surface area contributed by atoms with Crippen molar-refractivity contribution in [1.82, 2.24) is 4.98 Å². The molecule has 0 fully saturated rings. The summed E-state index contributed by atoms with van der Waals surface area (Å²) in [7, 11) is -2.84. The van der Waals surface area contributed by atoms with E-state index in [0.717, 1.165) is 9.87 Å². The van der Waals surface area contributed by atoms with Gasteiger partial charge in [0.15, 0.2) is 12.4 Å². The summed E-state index contributed by atoms with van der Waals surface area (Å²) in [6, 6.07) is 18.8. The number of anilines is 1. The molecule has 0 bridgehead atoms. The van der Waals surface area contributed by atoms with Gasteiger partial charge < -0.3 is 9.94 Å². The molecule has 0 N–H and O–H groups in total. The van der Waals surface area contributed by atoms with Crippen molar-refractivity contribution < 1.29 is 22.7 Å². The minimum absolute atomic E-state index is 0.0719. The Bertz CT molecular complexity index is 1450. The van der Waals surface area contributed by atoms with Crippen LogP contribution in [0.5, 0.6) is 5.75 Å². The van der Waals surface area contributed by atoms with Crippen molar-refractivity contribution in [2.45, 2.75) is 4.90 Å². The zero-order valence-corrected chi connectivity index (χ0v) is 19.5. The van der Waals surface area contributed by atoms with Gasteiger partial charge in [-0.25, -0.2) is 8.42 Å². The monoisotopic (exact) mass is 487 g/mol. The van der Waals surface area contributed by atoms with Crippen molar-refractivity contribution in [3.8, 4) is 5.75 Å². The van der Waals surface area contributed by atoms with Gasteiger partial charge in [0, 0.05) is 24.5 Å². The molecular weight excluding hydrogens is 466 g/mol. The zero-order chi connectivity index (χ0) is 24.8. The molecule has 8 nitrogen and oxygen atoms in total. The summed E-state index contributed by atoms with van der Waals surface area (Å²) >= 11 is 0. The van der Waals surface area contributed by atoms with Crippen molar-refractivity contribution >= 4 is 33.8 Å². The Morgan fingerprint density at radius 2 is 1.69 bits per heavy atom. The number of ether oxygens (including phenoxy) is 1. The molecule has 2 aromatic heterocycles. The van der Waals surface area contributed by atoms with Crippen molar-refractivity contribution in [2.24, 2.45) is 0 Å². The topological polar surface area (TPSA) is 104 Å². The molecule has 176 valence electrons. The fourth-order valence-electron chi connectivity index (χ4n) is 3.34. The van der Waals surface area contributed by atoms with Crippen LogP contribution in [0.1, 0.15) is 21.5 Å². The predicted molar refractivity (Wildman–Crippen MR) is 132 cm³/mol. The second-order valence-corrected chi connectivity index (χ2v) is 9.16. The highest BCUT2D eigenvalue weighted by molar-refractivity contribution is 7.93. The average molecular weight is 488 g/mol. The Morgan fingerprint density at radius 3 is 2.34 bits per heavy atom. The van der Waals surface area contributed by atoms with Crippen LogP contribution < -0.4 is 13.8 Å². The van der Waals surface area contributed by atoms with Crippen molar-refractivity contribution in [3.05, 3.63) is 119 Å². The second kappa shape index (κ2) is 10.2. The molecular formula is C26H21N3O5S. The molecule has 2 heterocycles. The number of sulfonamides is 1. The van der Waals surface area contributed by atoms with Gasteiger partial charge in [-0.05, 0) is 53.6 Å². The van der Waals surface area contributed by atoms with E-state index in [-0.39, 0.29) is 16.1 Å². The molecule has 9 heteroatoms. The molecule has 0 unspecified atom stereocenters. The number of amides is 1. The Labute approximate surface area is 203 Å². The van der Waals surface area contributed by atoms with Crippen LogP contribution in [0.2, 0.25) is 0 Å². The van der Waals surface area contributed by atoms with Crippen molar-refractivity contribution in [2.75, 3.05) is 11.4 Å². The van der Waals surface area contributed by atoms with Gasteiger partial charge in [0.2, 0.25) is 0 Å². The van der Waals surface area contributed by atoms with E-state index < -0.39 is 15.9 Å². The third-order valence-corrected chi connectivity index (χ3v) is 6.84. The third-order valence-electron chi connectivity index (χ3n) is 5.13.